The first-order valence-electron chi connectivity index (χ1n) is 5.58. The van der Waals surface area contributed by atoms with Crippen molar-refractivity contribution >= 4 is 0 Å². The molecule has 1 saturated heterocycles. The van der Waals surface area contributed by atoms with Crippen molar-refractivity contribution in [3.05, 3.63) is 0 Å². The van der Waals surface area contributed by atoms with Crippen LogP contribution in [0.2, 0.25) is 0 Å². The summed E-state index contributed by atoms with van der Waals surface area (Å²) in [6, 6.07) is 0.830. The van der Waals surface area contributed by atoms with Gasteiger partial charge in [-0.3, -0.25) is 0 Å². The fourth-order valence-electron chi connectivity index (χ4n) is 3.11. The van der Waals surface area contributed by atoms with Gasteiger partial charge in [0.2, 0.25) is 0 Å². The predicted molar refractivity (Wildman–Crippen MR) is 52.2 cm³/mol. The van der Waals surface area contributed by atoms with Crippen LogP contribution in [0.3, 0.4) is 0 Å². The van der Waals surface area contributed by atoms with E-state index in [0.717, 1.165) is 11.5 Å². The third-order valence-electron chi connectivity index (χ3n) is 3.92. The van der Waals surface area contributed by atoms with Crippen molar-refractivity contribution in [3.8, 4) is 0 Å². The SMILES string of the molecule is CCC1CC2(CCCC2)CCN1. The summed E-state index contributed by atoms with van der Waals surface area (Å²) in [6.45, 7) is 3.59. The van der Waals surface area contributed by atoms with Gasteiger partial charge in [0.25, 0.3) is 0 Å². The van der Waals surface area contributed by atoms with Crippen LogP contribution in [0.25, 0.3) is 0 Å². The van der Waals surface area contributed by atoms with Crippen LogP contribution in [0.1, 0.15) is 51.9 Å². The Balaban J connectivity index is 1.97. The fraction of sp³-hybridized carbons (Fsp3) is 1.00. The zero-order valence-electron chi connectivity index (χ0n) is 8.23. The molecule has 2 aliphatic rings. The van der Waals surface area contributed by atoms with Gasteiger partial charge in [0.05, 0.1) is 0 Å². The van der Waals surface area contributed by atoms with E-state index in [9.17, 15) is 0 Å². The van der Waals surface area contributed by atoms with Crippen LogP contribution in [0.5, 0.6) is 0 Å². The van der Waals surface area contributed by atoms with Crippen LogP contribution in [-0.2, 0) is 0 Å². The average Bonchev–Trinajstić information content (AvgIpc) is 2.53. The summed E-state index contributed by atoms with van der Waals surface area (Å²) in [5.74, 6) is 0. The molecular formula is C11H21N. The van der Waals surface area contributed by atoms with Crippen LogP contribution >= 0.6 is 0 Å². The maximum atomic E-state index is 3.62. The molecule has 1 heteroatoms. The quantitative estimate of drug-likeness (QED) is 0.633. The first-order chi connectivity index (χ1) is 5.85. The molecule has 0 amide bonds. The van der Waals surface area contributed by atoms with Gasteiger partial charge in [0.15, 0.2) is 0 Å². The van der Waals surface area contributed by atoms with E-state index >= 15 is 0 Å². The lowest BCUT2D eigenvalue weighted by molar-refractivity contribution is 0.167. The molecule has 0 aromatic carbocycles. The Morgan fingerprint density at radius 1 is 1.25 bits per heavy atom. The average molecular weight is 167 g/mol. The minimum atomic E-state index is 0.784. The summed E-state index contributed by atoms with van der Waals surface area (Å²) in [5.41, 5.74) is 0.784. The van der Waals surface area contributed by atoms with Gasteiger partial charge < -0.3 is 5.32 Å². The Hall–Kier alpha value is -0.0400. The Labute approximate surface area is 75.9 Å². The normalized spacial score (nSPS) is 34.2. The van der Waals surface area contributed by atoms with Gasteiger partial charge in [-0.25, -0.2) is 0 Å². The van der Waals surface area contributed by atoms with Crippen LogP contribution in [-0.4, -0.2) is 12.6 Å². The highest BCUT2D eigenvalue weighted by Crippen LogP contribution is 2.46. The Morgan fingerprint density at radius 3 is 2.67 bits per heavy atom. The van der Waals surface area contributed by atoms with Gasteiger partial charge in [-0.1, -0.05) is 19.8 Å². The third kappa shape index (κ3) is 1.52. The predicted octanol–water partition coefficient (Wildman–Crippen LogP) is 2.71. The van der Waals surface area contributed by atoms with Crippen LogP contribution in [0.15, 0.2) is 0 Å². The lowest BCUT2D eigenvalue weighted by atomic mass is 9.74. The smallest absolute Gasteiger partial charge is 0.00697 e. The first kappa shape index (κ1) is 8.55. The van der Waals surface area contributed by atoms with Crippen LogP contribution in [0, 0.1) is 5.41 Å². The minimum Gasteiger partial charge on any atom is -0.314 e. The zero-order chi connectivity index (χ0) is 8.44. The maximum Gasteiger partial charge on any atom is 0.00697 e. The second kappa shape index (κ2) is 3.37. The van der Waals surface area contributed by atoms with Gasteiger partial charge >= 0.3 is 0 Å². The van der Waals surface area contributed by atoms with E-state index in [-0.39, 0.29) is 0 Å². The summed E-state index contributed by atoms with van der Waals surface area (Å²) in [4.78, 5) is 0. The lowest BCUT2D eigenvalue weighted by Crippen LogP contribution is -2.42. The molecule has 1 aliphatic carbocycles. The second-order valence-corrected chi connectivity index (χ2v) is 4.72. The van der Waals surface area contributed by atoms with E-state index in [1.54, 1.807) is 0 Å². The molecule has 0 aromatic rings. The molecule has 1 heterocycles. The molecule has 0 bridgehead atoms. The van der Waals surface area contributed by atoms with Crippen molar-refractivity contribution in [2.24, 2.45) is 5.41 Å². The van der Waals surface area contributed by atoms with Gasteiger partial charge in [-0.2, -0.15) is 0 Å². The highest BCUT2D eigenvalue weighted by Gasteiger charge is 2.37. The van der Waals surface area contributed by atoms with E-state index in [1.807, 2.05) is 0 Å². The van der Waals surface area contributed by atoms with Crippen molar-refractivity contribution < 1.29 is 0 Å². The molecule has 70 valence electrons. The molecule has 0 radical (unpaired) electrons. The summed E-state index contributed by atoms with van der Waals surface area (Å²) < 4.78 is 0. The number of hydrogen-bond acceptors (Lipinski definition) is 1. The molecule has 2 rings (SSSR count). The van der Waals surface area contributed by atoms with E-state index < -0.39 is 0 Å². The standard InChI is InChI=1S/C11H21N/c1-2-10-9-11(7-8-12-10)5-3-4-6-11/h10,12H,2-9H2,1H3. The van der Waals surface area contributed by atoms with Gasteiger partial charge in [-0.05, 0) is 44.1 Å². The van der Waals surface area contributed by atoms with Crippen molar-refractivity contribution in [2.45, 2.75) is 57.9 Å². The van der Waals surface area contributed by atoms with E-state index in [4.69, 9.17) is 0 Å². The van der Waals surface area contributed by atoms with Crippen LogP contribution in [0.4, 0.5) is 0 Å². The summed E-state index contributed by atoms with van der Waals surface area (Å²) in [5, 5.41) is 3.62. The van der Waals surface area contributed by atoms with Crippen molar-refractivity contribution in [3.63, 3.8) is 0 Å². The molecule has 0 aromatic heterocycles. The molecule has 2 fully saturated rings. The molecule has 1 unspecified atom stereocenters. The number of nitrogens with one attached hydrogen (secondary N) is 1. The van der Waals surface area contributed by atoms with E-state index in [1.165, 1.54) is 51.5 Å². The topological polar surface area (TPSA) is 12.0 Å². The third-order valence-corrected chi connectivity index (χ3v) is 3.92. The molecule has 1 aliphatic heterocycles. The van der Waals surface area contributed by atoms with Crippen LogP contribution < -0.4 is 5.32 Å². The Bertz CT molecular complexity index is 147. The van der Waals surface area contributed by atoms with Crippen molar-refractivity contribution in [1.29, 1.82) is 0 Å². The Morgan fingerprint density at radius 2 is 2.00 bits per heavy atom. The number of piperidine rings is 1. The summed E-state index contributed by atoms with van der Waals surface area (Å²) in [6.07, 6.45) is 10.3. The van der Waals surface area contributed by atoms with E-state index in [2.05, 4.69) is 12.2 Å². The molecule has 1 spiro atoms. The lowest BCUT2D eigenvalue weighted by Gasteiger charge is -2.38. The largest absolute Gasteiger partial charge is 0.314 e. The highest BCUT2D eigenvalue weighted by molar-refractivity contribution is 4.92. The molecule has 12 heavy (non-hydrogen) atoms. The molecule has 1 nitrogen and oxygen atoms in total. The first-order valence-corrected chi connectivity index (χ1v) is 5.58. The van der Waals surface area contributed by atoms with E-state index in [0.29, 0.717) is 0 Å². The molecule has 1 atom stereocenters. The highest BCUT2D eigenvalue weighted by atomic mass is 14.9. The Kier molecular flexibility index (Phi) is 2.40. The van der Waals surface area contributed by atoms with Crippen molar-refractivity contribution in [1.82, 2.24) is 5.32 Å². The minimum absolute atomic E-state index is 0.784. The zero-order valence-corrected chi connectivity index (χ0v) is 8.23. The van der Waals surface area contributed by atoms with Crippen molar-refractivity contribution in [2.75, 3.05) is 6.54 Å². The van der Waals surface area contributed by atoms with Gasteiger partial charge in [0.1, 0.15) is 0 Å². The van der Waals surface area contributed by atoms with Gasteiger partial charge in [0, 0.05) is 6.04 Å². The molecule has 1 saturated carbocycles. The summed E-state index contributed by atoms with van der Waals surface area (Å²) >= 11 is 0. The number of hydrogen-bond donors (Lipinski definition) is 1. The molecule has 1 N–H and O–H groups in total. The second-order valence-electron chi connectivity index (χ2n) is 4.72. The monoisotopic (exact) mass is 167 g/mol. The number of rotatable bonds is 1. The summed E-state index contributed by atoms with van der Waals surface area (Å²) in [7, 11) is 0. The van der Waals surface area contributed by atoms with Gasteiger partial charge in [-0.15, -0.1) is 0 Å². The fourth-order valence-corrected chi connectivity index (χ4v) is 3.11. The maximum absolute atomic E-state index is 3.62. The molecular weight excluding hydrogens is 146 g/mol.